The molecule has 1 unspecified atom stereocenters. The van der Waals surface area contributed by atoms with Crippen molar-refractivity contribution in [1.82, 2.24) is 15.3 Å². The summed E-state index contributed by atoms with van der Waals surface area (Å²) >= 11 is 0. The molecule has 0 aliphatic heterocycles. The third-order valence-electron chi connectivity index (χ3n) is 3.97. The number of rotatable bonds is 5. The van der Waals surface area contributed by atoms with Gasteiger partial charge in [0.15, 0.2) is 5.82 Å². The standard InChI is InChI=1S/C20H19N5O2/c1-13(14-7-9-17(10-8-14)25-20(21)27)24-19(26)16-11-22-18(23-12-16)15-5-3-2-4-6-15/h2-13H,1H3,(H,24,26)(H3,21,25,27). The van der Waals surface area contributed by atoms with E-state index in [1.165, 1.54) is 12.4 Å². The van der Waals surface area contributed by atoms with Gasteiger partial charge in [0.1, 0.15) is 0 Å². The minimum atomic E-state index is -0.622. The van der Waals surface area contributed by atoms with Crippen LogP contribution >= 0.6 is 0 Å². The Morgan fingerprint density at radius 3 is 2.19 bits per heavy atom. The van der Waals surface area contributed by atoms with E-state index in [0.717, 1.165) is 11.1 Å². The SMILES string of the molecule is CC(NC(=O)c1cnc(-c2ccccc2)nc1)c1ccc(NC(N)=O)cc1. The molecule has 1 aromatic heterocycles. The van der Waals surface area contributed by atoms with Gasteiger partial charge in [-0.05, 0) is 24.6 Å². The van der Waals surface area contributed by atoms with Crippen molar-refractivity contribution in [3.05, 3.63) is 78.1 Å². The Morgan fingerprint density at radius 2 is 1.59 bits per heavy atom. The normalized spacial score (nSPS) is 11.4. The molecule has 0 radical (unpaired) electrons. The van der Waals surface area contributed by atoms with Gasteiger partial charge in [0, 0.05) is 23.6 Å². The molecule has 3 aromatic rings. The van der Waals surface area contributed by atoms with Gasteiger partial charge in [0.05, 0.1) is 11.6 Å². The van der Waals surface area contributed by atoms with Crippen LogP contribution in [0, 0.1) is 0 Å². The number of benzene rings is 2. The Bertz CT molecular complexity index is 925. The van der Waals surface area contributed by atoms with Gasteiger partial charge in [-0.15, -0.1) is 0 Å². The van der Waals surface area contributed by atoms with Gasteiger partial charge >= 0.3 is 6.03 Å². The van der Waals surface area contributed by atoms with Crippen LogP contribution in [0.4, 0.5) is 10.5 Å². The van der Waals surface area contributed by atoms with Gasteiger partial charge in [-0.1, -0.05) is 42.5 Å². The lowest BCUT2D eigenvalue weighted by Gasteiger charge is -2.15. The Hall–Kier alpha value is -3.74. The van der Waals surface area contributed by atoms with Crippen molar-refractivity contribution in [3.8, 4) is 11.4 Å². The van der Waals surface area contributed by atoms with Crippen LogP contribution in [0.2, 0.25) is 0 Å². The maximum atomic E-state index is 12.4. The lowest BCUT2D eigenvalue weighted by molar-refractivity contribution is 0.0939. The quantitative estimate of drug-likeness (QED) is 0.648. The zero-order valence-electron chi connectivity index (χ0n) is 14.7. The molecule has 27 heavy (non-hydrogen) atoms. The second-order valence-electron chi connectivity index (χ2n) is 5.97. The summed E-state index contributed by atoms with van der Waals surface area (Å²) in [6.45, 7) is 1.87. The van der Waals surface area contributed by atoms with E-state index in [-0.39, 0.29) is 11.9 Å². The Kier molecular flexibility index (Phi) is 5.41. The number of aromatic nitrogens is 2. The third-order valence-corrected chi connectivity index (χ3v) is 3.97. The first-order valence-electron chi connectivity index (χ1n) is 8.37. The monoisotopic (exact) mass is 361 g/mol. The van der Waals surface area contributed by atoms with Crippen LogP contribution in [0.5, 0.6) is 0 Å². The van der Waals surface area contributed by atoms with E-state index in [4.69, 9.17) is 5.73 Å². The molecule has 7 nitrogen and oxygen atoms in total. The fraction of sp³-hybridized carbons (Fsp3) is 0.100. The number of amides is 3. The van der Waals surface area contributed by atoms with E-state index >= 15 is 0 Å². The number of urea groups is 1. The second kappa shape index (κ2) is 8.09. The zero-order chi connectivity index (χ0) is 19.2. The summed E-state index contributed by atoms with van der Waals surface area (Å²) in [5, 5.41) is 5.39. The first-order chi connectivity index (χ1) is 13.0. The van der Waals surface area contributed by atoms with Gasteiger partial charge < -0.3 is 16.4 Å². The molecule has 3 amide bonds. The molecule has 0 bridgehead atoms. The van der Waals surface area contributed by atoms with E-state index in [0.29, 0.717) is 17.1 Å². The van der Waals surface area contributed by atoms with Gasteiger partial charge in [0.2, 0.25) is 0 Å². The highest BCUT2D eigenvalue weighted by molar-refractivity contribution is 5.94. The first-order valence-corrected chi connectivity index (χ1v) is 8.37. The number of primary amides is 1. The van der Waals surface area contributed by atoms with Crippen LogP contribution in [-0.4, -0.2) is 21.9 Å². The molecule has 0 spiro atoms. The Labute approximate surface area is 156 Å². The minimum Gasteiger partial charge on any atom is -0.351 e. The largest absolute Gasteiger partial charge is 0.351 e. The maximum Gasteiger partial charge on any atom is 0.316 e. The molecule has 0 fully saturated rings. The number of hydrogen-bond donors (Lipinski definition) is 3. The van der Waals surface area contributed by atoms with Gasteiger partial charge in [0.25, 0.3) is 5.91 Å². The van der Waals surface area contributed by atoms with E-state index in [1.807, 2.05) is 49.4 Å². The van der Waals surface area contributed by atoms with E-state index in [9.17, 15) is 9.59 Å². The average Bonchev–Trinajstić information content (AvgIpc) is 2.69. The predicted octanol–water partition coefficient (Wildman–Crippen LogP) is 3.13. The van der Waals surface area contributed by atoms with Crippen molar-refractivity contribution in [3.63, 3.8) is 0 Å². The number of carbonyl (C=O) groups is 2. The Morgan fingerprint density at radius 1 is 0.963 bits per heavy atom. The van der Waals surface area contributed by atoms with Gasteiger partial charge in [-0.2, -0.15) is 0 Å². The minimum absolute atomic E-state index is 0.228. The summed E-state index contributed by atoms with van der Waals surface area (Å²) in [4.78, 5) is 31.8. The van der Waals surface area contributed by atoms with Crippen molar-refractivity contribution in [2.45, 2.75) is 13.0 Å². The highest BCUT2D eigenvalue weighted by atomic mass is 16.2. The summed E-state index contributed by atoms with van der Waals surface area (Å²) in [5.74, 6) is 0.305. The number of carbonyl (C=O) groups excluding carboxylic acids is 2. The molecule has 136 valence electrons. The summed E-state index contributed by atoms with van der Waals surface area (Å²) in [7, 11) is 0. The van der Waals surface area contributed by atoms with Crippen molar-refractivity contribution in [2.24, 2.45) is 5.73 Å². The van der Waals surface area contributed by atoms with Gasteiger partial charge in [-0.25, -0.2) is 14.8 Å². The molecule has 2 aromatic carbocycles. The fourth-order valence-corrected chi connectivity index (χ4v) is 2.54. The molecule has 0 aliphatic rings. The van der Waals surface area contributed by atoms with Crippen molar-refractivity contribution < 1.29 is 9.59 Å². The zero-order valence-corrected chi connectivity index (χ0v) is 14.7. The fourth-order valence-electron chi connectivity index (χ4n) is 2.54. The molecule has 7 heteroatoms. The number of hydrogen-bond acceptors (Lipinski definition) is 4. The molecular formula is C20H19N5O2. The lowest BCUT2D eigenvalue weighted by atomic mass is 10.1. The van der Waals surface area contributed by atoms with E-state index in [2.05, 4.69) is 20.6 Å². The smallest absolute Gasteiger partial charge is 0.316 e. The second-order valence-corrected chi connectivity index (χ2v) is 5.97. The van der Waals surface area contributed by atoms with Crippen LogP contribution in [-0.2, 0) is 0 Å². The van der Waals surface area contributed by atoms with Crippen LogP contribution in [0.15, 0.2) is 67.0 Å². The van der Waals surface area contributed by atoms with Crippen LogP contribution in [0.3, 0.4) is 0 Å². The molecule has 0 saturated heterocycles. The van der Waals surface area contributed by atoms with E-state index in [1.54, 1.807) is 12.1 Å². The lowest BCUT2D eigenvalue weighted by Crippen LogP contribution is -2.27. The third kappa shape index (κ3) is 4.66. The molecule has 1 heterocycles. The van der Waals surface area contributed by atoms with E-state index < -0.39 is 6.03 Å². The number of nitrogens with one attached hydrogen (secondary N) is 2. The number of anilines is 1. The van der Waals surface area contributed by atoms with Crippen LogP contribution < -0.4 is 16.4 Å². The topological polar surface area (TPSA) is 110 Å². The first kappa shape index (κ1) is 18.1. The molecule has 0 saturated carbocycles. The molecular weight excluding hydrogens is 342 g/mol. The van der Waals surface area contributed by atoms with Crippen LogP contribution in [0.25, 0.3) is 11.4 Å². The average molecular weight is 361 g/mol. The molecule has 4 N–H and O–H groups in total. The molecule has 0 aliphatic carbocycles. The summed E-state index contributed by atoms with van der Waals surface area (Å²) < 4.78 is 0. The highest BCUT2D eigenvalue weighted by Crippen LogP contribution is 2.17. The predicted molar refractivity (Wildman–Crippen MR) is 103 cm³/mol. The number of nitrogens with zero attached hydrogens (tertiary/aromatic N) is 2. The molecule has 1 atom stereocenters. The molecule has 3 rings (SSSR count). The summed E-state index contributed by atoms with van der Waals surface area (Å²) in [6, 6.07) is 15.8. The van der Waals surface area contributed by atoms with Crippen LogP contribution in [0.1, 0.15) is 28.9 Å². The summed E-state index contributed by atoms with van der Waals surface area (Å²) in [5.41, 5.74) is 7.84. The summed E-state index contributed by atoms with van der Waals surface area (Å²) in [6.07, 6.45) is 3.02. The van der Waals surface area contributed by atoms with Gasteiger partial charge in [-0.3, -0.25) is 4.79 Å². The van der Waals surface area contributed by atoms with Crippen molar-refractivity contribution in [2.75, 3.05) is 5.32 Å². The highest BCUT2D eigenvalue weighted by Gasteiger charge is 2.13. The van der Waals surface area contributed by atoms with Crippen molar-refractivity contribution >= 4 is 17.6 Å². The Balaban J connectivity index is 1.65. The van der Waals surface area contributed by atoms with Crippen molar-refractivity contribution in [1.29, 1.82) is 0 Å². The maximum absolute atomic E-state index is 12.4. The number of nitrogens with two attached hydrogens (primary N) is 1.